The molecule has 28 heavy (non-hydrogen) atoms. The Hall–Kier alpha value is -2.57. The van der Waals surface area contributed by atoms with Crippen LogP contribution in [0.4, 0.5) is 0 Å². The summed E-state index contributed by atoms with van der Waals surface area (Å²) in [5.74, 6) is 1.01. The molecule has 0 aliphatic carbocycles. The number of carbonyl (C=O) groups is 2. The largest absolute Gasteiger partial charge is 0.356 e. The van der Waals surface area contributed by atoms with Gasteiger partial charge in [-0.2, -0.15) is 0 Å². The van der Waals surface area contributed by atoms with Crippen molar-refractivity contribution in [1.82, 2.24) is 20.4 Å². The van der Waals surface area contributed by atoms with Crippen molar-refractivity contribution in [3.8, 4) is 0 Å². The number of rotatable bonds is 8. The summed E-state index contributed by atoms with van der Waals surface area (Å²) in [5.41, 5.74) is 1.76. The van der Waals surface area contributed by atoms with Crippen LogP contribution in [0.25, 0.3) is 0 Å². The number of hydrogen-bond acceptors (Lipinski definition) is 3. The average molecular weight is 388 g/mol. The molecule has 2 N–H and O–H groups in total. The van der Waals surface area contributed by atoms with E-state index in [2.05, 4.69) is 22.5 Å². The molecule has 1 saturated heterocycles. The highest BCUT2D eigenvalue weighted by Gasteiger charge is 2.26. The molecular weight excluding hydrogens is 354 g/mol. The van der Waals surface area contributed by atoms with Crippen LogP contribution in [0, 0.1) is 0 Å². The van der Waals surface area contributed by atoms with Gasteiger partial charge in [0.05, 0.1) is 0 Å². The number of nitrogens with one attached hydrogen (secondary N) is 2. The molecule has 7 nitrogen and oxygen atoms in total. The SMILES string of the molecule is CCC(CCNC(=NC)NCc1ccc(C(=O)N(C)C)cc1)N1CCCC1=O. The van der Waals surface area contributed by atoms with Crippen LogP contribution in [0.2, 0.25) is 0 Å². The van der Waals surface area contributed by atoms with Crippen LogP contribution >= 0.6 is 0 Å². The summed E-state index contributed by atoms with van der Waals surface area (Å²) in [6.07, 6.45) is 3.54. The normalized spacial score (nSPS) is 15.5. The Morgan fingerprint density at radius 2 is 1.96 bits per heavy atom. The van der Waals surface area contributed by atoms with E-state index in [0.717, 1.165) is 43.9 Å². The molecule has 1 fully saturated rings. The third-order valence-corrected chi connectivity index (χ3v) is 5.08. The zero-order valence-corrected chi connectivity index (χ0v) is 17.5. The Labute approximate surface area is 168 Å². The number of hydrogen-bond donors (Lipinski definition) is 2. The van der Waals surface area contributed by atoms with Gasteiger partial charge in [-0.05, 0) is 37.0 Å². The first kappa shape index (κ1) is 21.7. The van der Waals surface area contributed by atoms with E-state index < -0.39 is 0 Å². The zero-order chi connectivity index (χ0) is 20.5. The molecule has 1 aliphatic heterocycles. The van der Waals surface area contributed by atoms with Crippen molar-refractivity contribution in [1.29, 1.82) is 0 Å². The van der Waals surface area contributed by atoms with Crippen molar-refractivity contribution in [3.05, 3.63) is 35.4 Å². The summed E-state index contributed by atoms with van der Waals surface area (Å²) in [4.78, 5) is 31.7. The van der Waals surface area contributed by atoms with Gasteiger partial charge in [-0.25, -0.2) is 0 Å². The second-order valence-corrected chi connectivity index (χ2v) is 7.29. The van der Waals surface area contributed by atoms with Gasteiger partial charge >= 0.3 is 0 Å². The third kappa shape index (κ3) is 5.97. The van der Waals surface area contributed by atoms with E-state index in [9.17, 15) is 9.59 Å². The first-order valence-electron chi connectivity index (χ1n) is 10.0. The van der Waals surface area contributed by atoms with E-state index in [1.807, 2.05) is 29.2 Å². The molecule has 1 aliphatic rings. The molecule has 0 spiro atoms. The first-order valence-corrected chi connectivity index (χ1v) is 10.0. The summed E-state index contributed by atoms with van der Waals surface area (Å²) in [5, 5.41) is 6.62. The molecule has 1 atom stereocenters. The lowest BCUT2D eigenvalue weighted by Gasteiger charge is -2.27. The molecule has 7 heteroatoms. The molecule has 2 amide bonds. The van der Waals surface area contributed by atoms with E-state index >= 15 is 0 Å². The number of guanidine groups is 1. The molecule has 0 bridgehead atoms. The summed E-state index contributed by atoms with van der Waals surface area (Å²) in [6, 6.07) is 7.87. The minimum Gasteiger partial charge on any atom is -0.356 e. The van der Waals surface area contributed by atoms with Crippen LogP contribution in [0.5, 0.6) is 0 Å². The van der Waals surface area contributed by atoms with Gasteiger partial charge in [-0.15, -0.1) is 0 Å². The predicted molar refractivity (Wildman–Crippen MR) is 112 cm³/mol. The highest BCUT2D eigenvalue weighted by Crippen LogP contribution is 2.17. The van der Waals surface area contributed by atoms with Gasteiger partial charge in [0.25, 0.3) is 5.91 Å². The molecule has 0 aromatic heterocycles. The molecule has 0 radical (unpaired) electrons. The van der Waals surface area contributed by atoms with Gasteiger partial charge in [0.1, 0.15) is 0 Å². The van der Waals surface area contributed by atoms with Crippen LogP contribution in [0.1, 0.15) is 48.5 Å². The Bertz CT molecular complexity index is 685. The van der Waals surface area contributed by atoms with Crippen molar-refractivity contribution in [2.24, 2.45) is 4.99 Å². The van der Waals surface area contributed by atoms with Crippen LogP contribution in [0.3, 0.4) is 0 Å². The Kier molecular flexibility index (Phi) is 8.29. The monoisotopic (exact) mass is 387 g/mol. The lowest BCUT2D eigenvalue weighted by atomic mass is 10.1. The van der Waals surface area contributed by atoms with Gasteiger partial charge in [0.2, 0.25) is 5.91 Å². The summed E-state index contributed by atoms with van der Waals surface area (Å²) in [7, 11) is 5.24. The van der Waals surface area contributed by atoms with Crippen LogP contribution < -0.4 is 10.6 Å². The lowest BCUT2D eigenvalue weighted by molar-refractivity contribution is -0.129. The van der Waals surface area contributed by atoms with Crippen molar-refractivity contribution in [3.63, 3.8) is 0 Å². The molecule has 0 saturated carbocycles. The highest BCUT2D eigenvalue weighted by molar-refractivity contribution is 5.93. The molecule has 1 heterocycles. The number of likely N-dealkylation sites (tertiary alicyclic amines) is 1. The summed E-state index contributed by atoms with van der Waals surface area (Å²) < 4.78 is 0. The number of benzene rings is 1. The van der Waals surface area contributed by atoms with Gasteiger partial charge < -0.3 is 20.4 Å². The fourth-order valence-corrected chi connectivity index (χ4v) is 3.42. The number of aliphatic imine (C=N–C) groups is 1. The Balaban J connectivity index is 1.78. The van der Waals surface area contributed by atoms with E-state index in [-0.39, 0.29) is 11.8 Å². The van der Waals surface area contributed by atoms with Crippen molar-refractivity contribution in [2.45, 2.75) is 45.2 Å². The quantitative estimate of drug-likeness (QED) is 0.527. The number of nitrogens with zero attached hydrogens (tertiary/aromatic N) is 3. The van der Waals surface area contributed by atoms with Gasteiger partial charge in [0.15, 0.2) is 5.96 Å². The Morgan fingerprint density at radius 3 is 2.50 bits per heavy atom. The van der Waals surface area contributed by atoms with E-state index in [4.69, 9.17) is 0 Å². The van der Waals surface area contributed by atoms with Crippen LogP contribution in [-0.2, 0) is 11.3 Å². The van der Waals surface area contributed by atoms with Gasteiger partial charge in [0, 0.05) is 58.8 Å². The van der Waals surface area contributed by atoms with Crippen molar-refractivity contribution >= 4 is 17.8 Å². The zero-order valence-electron chi connectivity index (χ0n) is 17.5. The standard InChI is InChI=1S/C21H33N5O2/c1-5-18(26-14-6-7-19(26)27)12-13-23-21(22-2)24-15-16-8-10-17(11-9-16)20(28)25(3)4/h8-11,18H,5-7,12-15H2,1-4H3,(H2,22,23,24). The third-order valence-electron chi connectivity index (χ3n) is 5.08. The van der Waals surface area contributed by atoms with Gasteiger partial charge in [-0.1, -0.05) is 19.1 Å². The molecule has 1 aromatic rings. The topological polar surface area (TPSA) is 77.0 Å². The molecular formula is C21H33N5O2. The second kappa shape index (κ2) is 10.7. The summed E-state index contributed by atoms with van der Waals surface area (Å²) >= 11 is 0. The first-order chi connectivity index (χ1) is 13.5. The fraction of sp³-hybridized carbons (Fsp3) is 0.571. The molecule has 1 unspecified atom stereocenters. The maximum atomic E-state index is 11.9. The predicted octanol–water partition coefficient (Wildman–Crippen LogP) is 1.84. The fourth-order valence-electron chi connectivity index (χ4n) is 3.42. The van der Waals surface area contributed by atoms with E-state index in [0.29, 0.717) is 24.6 Å². The molecule has 154 valence electrons. The molecule has 1 aromatic carbocycles. The second-order valence-electron chi connectivity index (χ2n) is 7.29. The molecule has 2 rings (SSSR count). The highest BCUT2D eigenvalue weighted by atomic mass is 16.2. The maximum absolute atomic E-state index is 11.9. The summed E-state index contributed by atoms with van der Waals surface area (Å²) in [6.45, 7) is 4.40. The van der Waals surface area contributed by atoms with E-state index in [1.165, 1.54) is 0 Å². The minimum atomic E-state index is -0.000974. The van der Waals surface area contributed by atoms with E-state index in [1.54, 1.807) is 26.0 Å². The average Bonchev–Trinajstić information content (AvgIpc) is 3.13. The smallest absolute Gasteiger partial charge is 0.253 e. The maximum Gasteiger partial charge on any atom is 0.253 e. The van der Waals surface area contributed by atoms with Crippen LogP contribution in [-0.4, -0.2) is 67.8 Å². The lowest BCUT2D eigenvalue weighted by Crippen LogP contribution is -2.41. The minimum absolute atomic E-state index is 0.000974. The Morgan fingerprint density at radius 1 is 1.25 bits per heavy atom. The number of carbonyl (C=O) groups excluding carboxylic acids is 2. The van der Waals surface area contributed by atoms with Crippen molar-refractivity contribution < 1.29 is 9.59 Å². The van der Waals surface area contributed by atoms with Crippen LogP contribution in [0.15, 0.2) is 29.3 Å². The number of amides is 2. The van der Waals surface area contributed by atoms with Crippen molar-refractivity contribution in [2.75, 3.05) is 34.2 Å². The van der Waals surface area contributed by atoms with Gasteiger partial charge in [-0.3, -0.25) is 14.6 Å².